The van der Waals surface area contributed by atoms with Crippen LogP contribution in [0.2, 0.25) is 0 Å². The second-order valence-electron chi connectivity index (χ2n) is 5.54. The molecule has 0 unspecified atom stereocenters. The molecule has 0 aliphatic rings. The largest absolute Gasteiger partial charge is 0.338 e. The maximum Gasteiger partial charge on any atom is 0.233 e. The number of thioether (sulfide) groups is 1. The van der Waals surface area contributed by atoms with Gasteiger partial charge in [-0.2, -0.15) is 0 Å². The molecule has 0 saturated heterocycles. The van der Waals surface area contributed by atoms with E-state index in [9.17, 15) is 4.79 Å². The number of hydrogen-bond acceptors (Lipinski definition) is 3. The predicted molar refractivity (Wildman–Crippen MR) is 97.4 cm³/mol. The van der Waals surface area contributed by atoms with Gasteiger partial charge in [0.05, 0.1) is 5.75 Å². The smallest absolute Gasteiger partial charge is 0.233 e. The minimum absolute atomic E-state index is 0.160. The van der Waals surface area contributed by atoms with E-state index in [-0.39, 0.29) is 5.91 Å². The Morgan fingerprint density at radius 3 is 2.43 bits per heavy atom. The molecule has 0 aliphatic heterocycles. The van der Waals surface area contributed by atoms with Crippen LogP contribution in [0.25, 0.3) is 0 Å². The molecule has 23 heavy (non-hydrogen) atoms. The molecule has 3 nitrogen and oxygen atoms in total. The van der Waals surface area contributed by atoms with Crippen molar-refractivity contribution in [3.8, 4) is 0 Å². The molecular formula is C19H24N2OS. The zero-order chi connectivity index (χ0) is 16.5. The van der Waals surface area contributed by atoms with Gasteiger partial charge in [0.2, 0.25) is 5.91 Å². The molecule has 0 fully saturated rings. The molecule has 1 amide bonds. The average molecular weight is 328 g/mol. The van der Waals surface area contributed by atoms with Gasteiger partial charge in [-0.3, -0.25) is 4.79 Å². The van der Waals surface area contributed by atoms with Crippen molar-refractivity contribution < 1.29 is 4.79 Å². The van der Waals surface area contributed by atoms with E-state index in [0.717, 1.165) is 16.9 Å². The molecule has 2 aromatic rings. The van der Waals surface area contributed by atoms with Crippen LogP contribution in [0.4, 0.5) is 0 Å². The first-order chi connectivity index (χ1) is 11.2. The van der Waals surface area contributed by atoms with Gasteiger partial charge in [-0.25, -0.2) is 0 Å². The van der Waals surface area contributed by atoms with Crippen molar-refractivity contribution in [1.82, 2.24) is 4.90 Å². The summed E-state index contributed by atoms with van der Waals surface area (Å²) in [7, 11) is 0. The molecule has 0 radical (unpaired) electrons. The van der Waals surface area contributed by atoms with Gasteiger partial charge in [-0.05, 0) is 37.6 Å². The van der Waals surface area contributed by atoms with Crippen molar-refractivity contribution in [3.05, 3.63) is 65.7 Å². The fourth-order valence-electron chi connectivity index (χ4n) is 2.25. The SMILES string of the molecule is Cc1ccc(SCC(=O)N(CCCN)Cc2ccccc2)cc1. The zero-order valence-corrected chi connectivity index (χ0v) is 14.4. The van der Waals surface area contributed by atoms with E-state index in [4.69, 9.17) is 5.73 Å². The molecule has 0 aliphatic carbocycles. The lowest BCUT2D eigenvalue weighted by atomic mass is 10.2. The van der Waals surface area contributed by atoms with Crippen LogP contribution in [-0.4, -0.2) is 29.6 Å². The summed E-state index contributed by atoms with van der Waals surface area (Å²) < 4.78 is 0. The van der Waals surface area contributed by atoms with Crippen molar-refractivity contribution >= 4 is 17.7 Å². The van der Waals surface area contributed by atoms with Crippen molar-refractivity contribution in [3.63, 3.8) is 0 Å². The standard InChI is InChI=1S/C19H24N2OS/c1-16-8-10-18(11-9-16)23-15-19(22)21(13-5-12-20)14-17-6-3-2-4-7-17/h2-4,6-11H,5,12-15,20H2,1H3. The number of nitrogens with zero attached hydrogens (tertiary/aromatic N) is 1. The Morgan fingerprint density at radius 1 is 1.09 bits per heavy atom. The number of carbonyl (C=O) groups is 1. The lowest BCUT2D eigenvalue weighted by molar-refractivity contribution is -0.129. The number of carbonyl (C=O) groups excluding carboxylic acids is 1. The van der Waals surface area contributed by atoms with Crippen molar-refractivity contribution in [1.29, 1.82) is 0 Å². The number of amides is 1. The van der Waals surface area contributed by atoms with E-state index >= 15 is 0 Å². The average Bonchev–Trinajstić information content (AvgIpc) is 2.58. The highest BCUT2D eigenvalue weighted by molar-refractivity contribution is 8.00. The maximum atomic E-state index is 12.6. The quantitative estimate of drug-likeness (QED) is 0.755. The number of benzene rings is 2. The summed E-state index contributed by atoms with van der Waals surface area (Å²) in [4.78, 5) is 15.6. The molecule has 0 heterocycles. The topological polar surface area (TPSA) is 46.3 Å². The third-order valence-corrected chi connectivity index (χ3v) is 4.58. The summed E-state index contributed by atoms with van der Waals surface area (Å²) >= 11 is 1.59. The molecule has 2 N–H and O–H groups in total. The summed E-state index contributed by atoms with van der Waals surface area (Å²) in [6.07, 6.45) is 0.827. The van der Waals surface area contributed by atoms with Crippen LogP contribution in [0.5, 0.6) is 0 Å². The Bertz CT molecular complexity index is 599. The Labute approximate surface area is 142 Å². The maximum absolute atomic E-state index is 12.6. The fraction of sp³-hybridized carbons (Fsp3) is 0.316. The van der Waals surface area contributed by atoms with Gasteiger partial charge in [0, 0.05) is 18.0 Å². The van der Waals surface area contributed by atoms with Gasteiger partial charge in [0.25, 0.3) is 0 Å². The minimum atomic E-state index is 0.160. The first kappa shape index (κ1) is 17.6. The van der Waals surface area contributed by atoms with Crippen molar-refractivity contribution in [2.24, 2.45) is 5.73 Å². The summed E-state index contributed by atoms with van der Waals surface area (Å²) in [5.74, 6) is 0.619. The molecule has 0 bridgehead atoms. The number of hydrogen-bond donors (Lipinski definition) is 1. The molecule has 0 saturated carbocycles. The van der Waals surface area contributed by atoms with Crippen LogP contribution in [0.1, 0.15) is 17.5 Å². The Morgan fingerprint density at radius 2 is 1.78 bits per heavy atom. The van der Waals surface area contributed by atoms with Crippen LogP contribution < -0.4 is 5.73 Å². The number of aryl methyl sites for hydroxylation is 1. The van der Waals surface area contributed by atoms with E-state index in [1.807, 2.05) is 23.1 Å². The van der Waals surface area contributed by atoms with Gasteiger partial charge < -0.3 is 10.6 Å². The van der Waals surface area contributed by atoms with E-state index in [1.165, 1.54) is 5.56 Å². The van der Waals surface area contributed by atoms with E-state index in [1.54, 1.807) is 11.8 Å². The van der Waals surface area contributed by atoms with Crippen LogP contribution in [-0.2, 0) is 11.3 Å². The fourth-order valence-corrected chi connectivity index (χ4v) is 3.05. The van der Waals surface area contributed by atoms with Crippen LogP contribution in [0, 0.1) is 6.92 Å². The van der Waals surface area contributed by atoms with Gasteiger partial charge in [-0.15, -0.1) is 11.8 Å². The summed E-state index contributed by atoms with van der Waals surface area (Å²) in [6.45, 7) is 4.02. The van der Waals surface area contributed by atoms with E-state index in [2.05, 4.69) is 43.3 Å². The third-order valence-electron chi connectivity index (χ3n) is 3.58. The molecule has 0 spiro atoms. The second kappa shape index (κ2) is 9.38. The second-order valence-corrected chi connectivity index (χ2v) is 6.59. The number of rotatable bonds is 8. The first-order valence-corrected chi connectivity index (χ1v) is 8.89. The molecule has 4 heteroatoms. The molecule has 0 aromatic heterocycles. The Balaban J connectivity index is 1.94. The van der Waals surface area contributed by atoms with E-state index < -0.39 is 0 Å². The first-order valence-electron chi connectivity index (χ1n) is 7.90. The monoisotopic (exact) mass is 328 g/mol. The van der Waals surface area contributed by atoms with Crippen LogP contribution in [0.15, 0.2) is 59.5 Å². The molecule has 2 aromatic carbocycles. The predicted octanol–water partition coefficient (Wildman–Crippen LogP) is 3.46. The Hall–Kier alpha value is -1.78. The molecule has 2 rings (SSSR count). The summed E-state index contributed by atoms with van der Waals surface area (Å²) in [6, 6.07) is 18.4. The van der Waals surface area contributed by atoms with Crippen LogP contribution in [0.3, 0.4) is 0 Å². The normalized spacial score (nSPS) is 10.5. The molecule has 0 atom stereocenters. The van der Waals surface area contributed by atoms with Gasteiger partial charge in [-0.1, -0.05) is 48.0 Å². The lowest BCUT2D eigenvalue weighted by Gasteiger charge is -2.22. The lowest BCUT2D eigenvalue weighted by Crippen LogP contribution is -2.33. The minimum Gasteiger partial charge on any atom is -0.338 e. The van der Waals surface area contributed by atoms with Crippen LogP contribution >= 0.6 is 11.8 Å². The zero-order valence-electron chi connectivity index (χ0n) is 13.6. The Kier molecular flexibility index (Phi) is 7.17. The highest BCUT2D eigenvalue weighted by Crippen LogP contribution is 2.19. The number of nitrogens with two attached hydrogens (primary N) is 1. The van der Waals surface area contributed by atoms with Gasteiger partial charge in [0.1, 0.15) is 0 Å². The van der Waals surface area contributed by atoms with Gasteiger partial charge in [0.15, 0.2) is 0 Å². The molecular weight excluding hydrogens is 304 g/mol. The van der Waals surface area contributed by atoms with Crippen molar-refractivity contribution in [2.75, 3.05) is 18.8 Å². The third kappa shape index (κ3) is 6.08. The van der Waals surface area contributed by atoms with E-state index in [0.29, 0.717) is 25.4 Å². The molecule has 122 valence electrons. The van der Waals surface area contributed by atoms with Gasteiger partial charge >= 0.3 is 0 Å². The summed E-state index contributed by atoms with van der Waals surface area (Å²) in [5.41, 5.74) is 7.99. The van der Waals surface area contributed by atoms with Crippen molar-refractivity contribution in [2.45, 2.75) is 24.8 Å². The highest BCUT2D eigenvalue weighted by atomic mass is 32.2. The summed E-state index contributed by atoms with van der Waals surface area (Å²) in [5, 5.41) is 0. The highest BCUT2D eigenvalue weighted by Gasteiger charge is 2.14.